The predicted molar refractivity (Wildman–Crippen MR) is 70.6 cm³/mol. The number of carboxylic acids is 1. The van der Waals surface area contributed by atoms with Crippen molar-refractivity contribution in [1.82, 2.24) is 4.57 Å². The van der Waals surface area contributed by atoms with Crippen LogP contribution in [0.4, 0.5) is 0 Å². The summed E-state index contributed by atoms with van der Waals surface area (Å²) in [5.74, 6) is -1.07. The van der Waals surface area contributed by atoms with E-state index in [-0.39, 0.29) is 5.56 Å². The van der Waals surface area contributed by atoms with E-state index in [1.54, 1.807) is 7.05 Å². The summed E-state index contributed by atoms with van der Waals surface area (Å²) in [6.07, 6.45) is 2.34. The molecule has 0 aliphatic heterocycles. The second-order valence-electron chi connectivity index (χ2n) is 4.09. The van der Waals surface area contributed by atoms with Gasteiger partial charge < -0.3 is 9.67 Å². The topological polar surface area (TPSA) is 59.3 Å². The number of benzene rings is 1. The average Bonchev–Trinajstić information content (AvgIpc) is 2.36. The Labute approximate surface area is 104 Å². The van der Waals surface area contributed by atoms with Crippen molar-refractivity contribution in [1.29, 1.82) is 0 Å². The van der Waals surface area contributed by atoms with E-state index in [1.165, 1.54) is 10.6 Å². The number of nitrogens with zero attached hydrogens (tertiary/aromatic N) is 1. The molecule has 2 aromatic rings. The van der Waals surface area contributed by atoms with Crippen LogP contribution in [0.5, 0.6) is 0 Å². The van der Waals surface area contributed by atoms with E-state index in [4.69, 9.17) is 5.11 Å². The number of carboxylic acid groups (broad SMARTS) is 1. The lowest BCUT2D eigenvalue weighted by Crippen LogP contribution is -2.21. The van der Waals surface area contributed by atoms with Gasteiger partial charge in [-0.1, -0.05) is 18.2 Å². The van der Waals surface area contributed by atoms with Crippen LogP contribution < -0.4 is 5.56 Å². The van der Waals surface area contributed by atoms with Crippen molar-refractivity contribution in [2.75, 3.05) is 0 Å². The van der Waals surface area contributed by atoms with E-state index in [0.717, 1.165) is 22.5 Å². The molecule has 0 saturated heterocycles. The van der Waals surface area contributed by atoms with Gasteiger partial charge in [0, 0.05) is 24.1 Å². The van der Waals surface area contributed by atoms with Crippen molar-refractivity contribution in [2.24, 2.45) is 7.05 Å². The van der Waals surface area contributed by atoms with Gasteiger partial charge in [0.05, 0.1) is 5.52 Å². The highest BCUT2D eigenvalue weighted by Crippen LogP contribution is 2.19. The minimum Gasteiger partial charge on any atom is -0.478 e. The summed E-state index contributed by atoms with van der Waals surface area (Å²) in [5, 5.41) is 9.59. The zero-order valence-corrected chi connectivity index (χ0v) is 10.2. The van der Waals surface area contributed by atoms with Crippen molar-refractivity contribution in [3.63, 3.8) is 0 Å². The van der Waals surface area contributed by atoms with Gasteiger partial charge in [-0.25, -0.2) is 4.79 Å². The Bertz CT molecular complexity index is 711. The zero-order valence-electron chi connectivity index (χ0n) is 10.2. The van der Waals surface area contributed by atoms with Gasteiger partial charge in [0.1, 0.15) is 0 Å². The summed E-state index contributed by atoms with van der Waals surface area (Å²) in [4.78, 5) is 22.7. The number of pyridine rings is 1. The lowest BCUT2D eigenvalue weighted by Gasteiger charge is -2.10. The third-order valence-corrected chi connectivity index (χ3v) is 3.00. The number of hydrogen-bond acceptors (Lipinski definition) is 2. The highest BCUT2D eigenvalue weighted by atomic mass is 16.4. The standard InChI is InChI=1S/C14H13NO3/c1-9-10-5-3-4-6-12(10)15(2)14(18)11(9)7-8-13(16)17/h3-8H,1-2H3,(H,16,17)/b8-7+. The van der Waals surface area contributed by atoms with E-state index in [1.807, 2.05) is 31.2 Å². The maximum Gasteiger partial charge on any atom is 0.328 e. The van der Waals surface area contributed by atoms with Gasteiger partial charge in [-0.15, -0.1) is 0 Å². The molecule has 0 fully saturated rings. The Morgan fingerprint density at radius 3 is 2.67 bits per heavy atom. The molecule has 0 radical (unpaired) electrons. The normalized spacial score (nSPS) is 11.2. The van der Waals surface area contributed by atoms with Crippen LogP contribution in [0.2, 0.25) is 0 Å². The van der Waals surface area contributed by atoms with Crippen LogP contribution in [0.25, 0.3) is 17.0 Å². The largest absolute Gasteiger partial charge is 0.478 e. The lowest BCUT2D eigenvalue weighted by atomic mass is 10.0. The molecule has 1 heterocycles. The Hall–Kier alpha value is -2.36. The van der Waals surface area contributed by atoms with Crippen LogP contribution in [0.3, 0.4) is 0 Å². The minimum absolute atomic E-state index is 0.191. The van der Waals surface area contributed by atoms with Crippen molar-refractivity contribution < 1.29 is 9.90 Å². The number of para-hydroxylation sites is 1. The second-order valence-corrected chi connectivity index (χ2v) is 4.09. The monoisotopic (exact) mass is 243 g/mol. The highest BCUT2D eigenvalue weighted by Gasteiger charge is 2.09. The third kappa shape index (κ3) is 1.93. The molecule has 18 heavy (non-hydrogen) atoms. The minimum atomic E-state index is -1.07. The molecule has 2 rings (SSSR count). The molecule has 1 aromatic carbocycles. The van der Waals surface area contributed by atoms with Crippen LogP contribution in [-0.2, 0) is 11.8 Å². The molecular formula is C14H13NO3. The molecule has 0 aliphatic carbocycles. The quantitative estimate of drug-likeness (QED) is 0.820. The second kappa shape index (κ2) is 4.49. The maximum absolute atomic E-state index is 12.1. The molecule has 1 N–H and O–H groups in total. The Kier molecular flexibility index (Phi) is 3.02. The smallest absolute Gasteiger partial charge is 0.328 e. The first-order chi connectivity index (χ1) is 8.52. The molecule has 4 nitrogen and oxygen atoms in total. The van der Waals surface area contributed by atoms with E-state index in [0.29, 0.717) is 5.56 Å². The van der Waals surface area contributed by atoms with E-state index < -0.39 is 5.97 Å². The lowest BCUT2D eigenvalue weighted by molar-refractivity contribution is -0.131. The fourth-order valence-electron chi connectivity index (χ4n) is 2.03. The molecule has 1 aromatic heterocycles. The first-order valence-corrected chi connectivity index (χ1v) is 5.51. The zero-order chi connectivity index (χ0) is 13.3. The number of aliphatic carboxylic acids is 1. The van der Waals surface area contributed by atoms with E-state index in [2.05, 4.69) is 0 Å². The molecule has 0 amide bonds. The Morgan fingerprint density at radius 1 is 1.33 bits per heavy atom. The summed E-state index contributed by atoms with van der Waals surface area (Å²) in [5.41, 5.74) is 1.86. The van der Waals surface area contributed by atoms with Gasteiger partial charge in [-0.2, -0.15) is 0 Å². The van der Waals surface area contributed by atoms with Gasteiger partial charge in [-0.05, 0) is 24.6 Å². The molecule has 92 valence electrons. The van der Waals surface area contributed by atoms with Gasteiger partial charge >= 0.3 is 5.97 Å². The average molecular weight is 243 g/mol. The van der Waals surface area contributed by atoms with Crippen molar-refractivity contribution in [2.45, 2.75) is 6.92 Å². The van der Waals surface area contributed by atoms with Crippen molar-refractivity contribution in [3.05, 3.63) is 51.8 Å². The summed E-state index contributed by atoms with van der Waals surface area (Å²) in [6, 6.07) is 7.55. The summed E-state index contributed by atoms with van der Waals surface area (Å²) in [7, 11) is 1.68. The fourth-order valence-corrected chi connectivity index (χ4v) is 2.03. The number of carbonyl (C=O) groups is 1. The van der Waals surface area contributed by atoms with Crippen LogP contribution >= 0.6 is 0 Å². The van der Waals surface area contributed by atoms with Crippen LogP contribution in [0.1, 0.15) is 11.1 Å². The highest BCUT2D eigenvalue weighted by molar-refractivity contribution is 5.89. The number of hydrogen-bond donors (Lipinski definition) is 1. The predicted octanol–water partition coefficient (Wildman–Crippen LogP) is 1.94. The molecule has 0 atom stereocenters. The third-order valence-electron chi connectivity index (χ3n) is 3.00. The number of fused-ring (bicyclic) bond motifs is 1. The Morgan fingerprint density at radius 2 is 2.00 bits per heavy atom. The molecule has 4 heteroatoms. The van der Waals surface area contributed by atoms with Crippen molar-refractivity contribution in [3.8, 4) is 0 Å². The molecule has 0 saturated carbocycles. The van der Waals surface area contributed by atoms with E-state index >= 15 is 0 Å². The van der Waals surface area contributed by atoms with E-state index in [9.17, 15) is 9.59 Å². The molecule has 0 unspecified atom stereocenters. The summed E-state index contributed by atoms with van der Waals surface area (Å²) >= 11 is 0. The maximum atomic E-state index is 12.1. The first kappa shape index (κ1) is 12.1. The molecule has 0 aliphatic rings. The summed E-state index contributed by atoms with van der Waals surface area (Å²) in [6.45, 7) is 1.82. The SMILES string of the molecule is Cc1c(/C=C/C(=O)O)c(=O)n(C)c2ccccc12. The van der Waals surface area contributed by atoms with Crippen LogP contribution in [0, 0.1) is 6.92 Å². The van der Waals surface area contributed by atoms with Crippen molar-refractivity contribution >= 4 is 22.9 Å². The molecule has 0 bridgehead atoms. The van der Waals surface area contributed by atoms with Crippen LogP contribution in [-0.4, -0.2) is 15.6 Å². The van der Waals surface area contributed by atoms with Gasteiger partial charge in [0.2, 0.25) is 0 Å². The molecular weight excluding hydrogens is 230 g/mol. The number of rotatable bonds is 2. The van der Waals surface area contributed by atoms with Gasteiger partial charge in [0.15, 0.2) is 0 Å². The van der Waals surface area contributed by atoms with Gasteiger partial charge in [-0.3, -0.25) is 4.79 Å². The number of aromatic nitrogens is 1. The van der Waals surface area contributed by atoms with Gasteiger partial charge in [0.25, 0.3) is 5.56 Å². The van der Waals surface area contributed by atoms with Crippen LogP contribution in [0.15, 0.2) is 35.1 Å². The first-order valence-electron chi connectivity index (χ1n) is 5.51. The number of aryl methyl sites for hydroxylation is 2. The summed E-state index contributed by atoms with van der Waals surface area (Å²) < 4.78 is 1.53. The molecule has 0 spiro atoms. The Balaban J connectivity index is 2.83. The fraction of sp³-hybridized carbons (Fsp3) is 0.143.